The molecule has 0 saturated carbocycles. The maximum absolute atomic E-state index is 13.1. The quantitative estimate of drug-likeness (QED) is 0.0255. The Balaban J connectivity index is 0.000000214. The largest absolute Gasteiger partial charge is 0.743 e. The molecule has 0 bridgehead atoms. The molecule has 8 aromatic carbocycles. The second kappa shape index (κ2) is 31.5. The van der Waals surface area contributed by atoms with E-state index in [1.807, 2.05) is 189 Å². The van der Waals surface area contributed by atoms with Crippen LogP contribution in [-0.4, -0.2) is 67.3 Å². The molecule has 0 spiro atoms. The van der Waals surface area contributed by atoms with Crippen molar-refractivity contribution in [1.82, 2.24) is 0 Å². The van der Waals surface area contributed by atoms with Crippen LogP contribution in [0.1, 0.15) is 31.8 Å². The van der Waals surface area contributed by atoms with E-state index in [4.69, 9.17) is 0 Å². The third-order valence-electron chi connectivity index (χ3n) is 10.9. The summed E-state index contributed by atoms with van der Waals surface area (Å²) in [5.41, 5.74) is -1.71. The molecule has 0 N–H and O–H groups in total. The van der Waals surface area contributed by atoms with Gasteiger partial charge in [-0.15, -0.1) is 0 Å². The molecule has 8 aromatic rings. The molecule has 0 aromatic heterocycles. The van der Waals surface area contributed by atoms with E-state index in [1.165, 1.54) is 42.5 Å². The third kappa shape index (κ3) is 21.2. The van der Waals surface area contributed by atoms with Crippen molar-refractivity contribution in [1.29, 1.82) is 0 Å². The first-order chi connectivity index (χ1) is 40.8. The zero-order valence-electron chi connectivity index (χ0n) is 43.6. The van der Waals surface area contributed by atoms with E-state index < -0.39 is 112 Å². The zero-order chi connectivity index (χ0) is 65.6. The first-order valence-corrected chi connectivity index (χ1v) is 33.5. The van der Waals surface area contributed by atoms with Crippen LogP contribution >= 0.6 is 90.4 Å². The van der Waals surface area contributed by atoms with Crippen LogP contribution in [0.3, 0.4) is 0 Å². The first-order valence-electron chi connectivity index (χ1n) is 23.9. The average Bonchev–Trinajstić information content (AvgIpc) is 1.83. The smallest absolute Gasteiger partial charge is 0.432 e. The molecule has 31 heteroatoms. The predicted molar refractivity (Wildman–Crippen MR) is 332 cm³/mol. The summed E-state index contributed by atoms with van der Waals surface area (Å²) in [6.07, 6.45) is -19.0. The van der Waals surface area contributed by atoms with E-state index in [0.29, 0.717) is 24.1 Å². The predicted octanol–water partition coefficient (Wildman–Crippen LogP) is 16.9. The maximum Gasteiger partial charge on any atom is 0.432 e. The monoisotopic (exact) mass is 1760 g/mol. The van der Waals surface area contributed by atoms with Gasteiger partial charge >= 0.3 is 41.0 Å². The molecular formula is C57H37F13I4O10S4. The summed E-state index contributed by atoms with van der Waals surface area (Å²) in [4.78, 5) is 28.5. The average molecular weight is 1760 g/mol. The Morgan fingerprint density at radius 1 is 0.443 bits per heavy atom. The van der Waals surface area contributed by atoms with Crippen molar-refractivity contribution in [3.05, 3.63) is 243 Å². The van der Waals surface area contributed by atoms with Gasteiger partial charge in [0.25, 0.3) is 6.10 Å². The molecule has 468 valence electrons. The molecule has 0 heterocycles. The molecule has 1 unspecified atom stereocenters. The van der Waals surface area contributed by atoms with E-state index in [-0.39, 0.29) is 5.56 Å². The highest BCUT2D eigenvalue weighted by atomic mass is 127. The minimum Gasteiger partial charge on any atom is -0.743 e. The number of alkyl halides is 13. The molecule has 8 rings (SSSR count). The Hall–Kier alpha value is -4.77. The van der Waals surface area contributed by atoms with Crippen molar-refractivity contribution in [2.45, 2.75) is 64.5 Å². The SMILES string of the molecule is FC(F)(F)c1cccc([S+](c2ccccc2)c2ccccc2)c1.FC(F)(F)c1cccc([S+](c2ccccc2)c2ccccc2)c1.O=C(OC(C(F)(F)F)C(F)(F)S(=O)(=O)[O-])c1cccc(I)c1.O=C(OCC(F)(F)S(=O)(=O)[O-])c1cc(I)cc(I)c1I. The zero-order valence-corrected chi connectivity index (χ0v) is 55.5. The van der Waals surface area contributed by atoms with Gasteiger partial charge in [-0.1, -0.05) is 91.0 Å². The van der Waals surface area contributed by atoms with Gasteiger partial charge in [0, 0.05) is 26.4 Å². The van der Waals surface area contributed by atoms with E-state index in [2.05, 4.69) is 9.47 Å². The van der Waals surface area contributed by atoms with Gasteiger partial charge in [-0.2, -0.15) is 57.1 Å². The number of hydrogen-bond donors (Lipinski definition) is 0. The maximum atomic E-state index is 13.1. The minimum atomic E-state index is -6.70. The van der Waals surface area contributed by atoms with Crippen LogP contribution in [0.2, 0.25) is 0 Å². The Morgan fingerprint density at radius 2 is 0.818 bits per heavy atom. The van der Waals surface area contributed by atoms with Crippen LogP contribution in [0, 0.1) is 14.3 Å². The second-order valence-electron chi connectivity index (χ2n) is 17.2. The Labute approximate surface area is 554 Å². The first kappa shape index (κ1) is 74.0. The van der Waals surface area contributed by atoms with Gasteiger partial charge in [0.15, 0.2) is 56.2 Å². The number of benzene rings is 8. The highest BCUT2D eigenvalue weighted by Gasteiger charge is 2.63. The Morgan fingerprint density at radius 3 is 1.16 bits per heavy atom. The summed E-state index contributed by atoms with van der Waals surface area (Å²) >= 11 is 7.41. The van der Waals surface area contributed by atoms with Gasteiger partial charge in [0.2, 0.25) is 0 Å². The van der Waals surface area contributed by atoms with E-state index in [9.17, 15) is 92.6 Å². The lowest BCUT2D eigenvalue weighted by Crippen LogP contribution is -2.52. The van der Waals surface area contributed by atoms with Crippen molar-refractivity contribution >= 4 is 144 Å². The van der Waals surface area contributed by atoms with Crippen molar-refractivity contribution in [3.63, 3.8) is 0 Å². The van der Waals surface area contributed by atoms with Gasteiger partial charge in [-0.05, 0) is 193 Å². The van der Waals surface area contributed by atoms with Gasteiger partial charge in [-0.3, -0.25) is 0 Å². The van der Waals surface area contributed by atoms with Gasteiger partial charge in [-0.25, -0.2) is 26.4 Å². The number of carbonyl (C=O) groups excluding carboxylic acids is 2. The summed E-state index contributed by atoms with van der Waals surface area (Å²) in [6.45, 7) is -1.81. The molecule has 0 aliphatic rings. The van der Waals surface area contributed by atoms with Crippen LogP contribution in [-0.2, 0) is 63.9 Å². The fraction of sp³-hybridized carbons (Fsp3) is 0.123. The van der Waals surface area contributed by atoms with Crippen molar-refractivity contribution in [2.75, 3.05) is 6.61 Å². The topological polar surface area (TPSA) is 167 Å². The molecule has 10 nitrogen and oxygen atoms in total. The van der Waals surface area contributed by atoms with Crippen LogP contribution in [0.15, 0.2) is 236 Å². The van der Waals surface area contributed by atoms with Crippen molar-refractivity contribution in [2.24, 2.45) is 0 Å². The summed E-state index contributed by atoms with van der Waals surface area (Å²) in [7, 11) is -13.7. The molecular weight excluding hydrogens is 1730 g/mol. The number of carbonyl (C=O) groups is 2. The van der Waals surface area contributed by atoms with E-state index in [0.717, 1.165) is 43.8 Å². The fourth-order valence-corrected chi connectivity index (χ4v) is 14.7. The van der Waals surface area contributed by atoms with Crippen molar-refractivity contribution < 1.29 is 102 Å². The Bertz CT molecular complexity index is 3660. The van der Waals surface area contributed by atoms with E-state index in [1.54, 1.807) is 40.8 Å². The summed E-state index contributed by atoms with van der Waals surface area (Å²) in [5, 5.41) is -10.5. The molecule has 88 heavy (non-hydrogen) atoms. The lowest BCUT2D eigenvalue weighted by Gasteiger charge is -2.29. The molecule has 0 aliphatic heterocycles. The number of hydrogen-bond acceptors (Lipinski definition) is 10. The lowest BCUT2D eigenvalue weighted by molar-refractivity contribution is -0.248. The fourth-order valence-electron chi connectivity index (χ4n) is 6.89. The number of esters is 2. The second-order valence-corrected chi connectivity index (χ2v) is 28.9. The summed E-state index contributed by atoms with van der Waals surface area (Å²) in [6, 6.07) is 57.6. The molecule has 1 atom stereocenters. The lowest BCUT2D eigenvalue weighted by atomic mass is 10.2. The molecule has 0 saturated heterocycles. The van der Waals surface area contributed by atoms with Crippen molar-refractivity contribution in [3.8, 4) is 0 Å². The van der Waals surface area contributed by atoms with Crippen LogP contribution in [0.5, 0.6) is 0 Å². The molecule has 0 amide bonds. The minimum absolute atomic E-state index is 0.0287. The molecule has 0 aliphatic carbocycles. The normalized spacial score (nSPS) is 12.5. The van der Waals surface area contributed by atoms with Crippen LogP contribution in [0.25, 0.3) is 0 Å². The third-order valence-corrected chi connectivity index (χ3v) is 21.4. The number of ether oxygens (including phenoxy) is 2. The highest BCUT2D eigenvalue weighted by molar-refractivity contribution is 14.1. The van der Waals surface area contributed by atoms with Gasteiger partial charge < -0.3 is 18.6 Å². The number of rotatable bonds is 14. The van der Waals surface area contributed by atoms with Crippen LogP contribution < -0.4 is 0 Å². The summed E-state index contributed by atoms with van der Waals surface area (Å²) < 4.78 is 240. The van der Waals surface area contributed by atoms with Gasteiger partial charge in [0.1, 0.15) is 0 Å². The number of halogens is 17. The standard InChI is InChI=1S/2C19H14F3S.C10H6F5IO5S.C9H5F2I3O5S/c2*20-19(21,22)15-8-7-13-18(14-15)23(16-9-3-1-4-10-16)17-11-5-2-6-12-17;11-9(12,13)8(10(14,15)22(18,19)20)21-7(17)5-2-1-3-6(16)4-5;10-9(11,20(16,17)18)3-19-8(15)5-1-4(12)2-6(13)7(5)14/h2*1-14H;1-4,8H,(H,18,19,20);1-2H,3H2,(H,16,17,18)/q2*+1;;/p-2. The van der Waals surface area contributed by atoms with Crippen LogP contribution in [0.4, 0.5) is 57.1 Å². The van der Waals surface area contributed by atoms with Gasteiger partial charge in [0.05, 0.1) is 44.0 Å². The molecule has 0 radical (unpaired) electrons. The summed E-state index contributed by atoms with van der Waals surface area (Å²) in [5.74, 6) is -2.96. The Kier molecular flexibility index (Phi) is 26.5. The molecule has 0 fully saturated rings. The highest BCUT2D eigenvalue weighted by Crippen LogP contribution is 2.40. The van der Waals surface area contributed by atoms with E-state index >= 15 is 0 Å².